The predicted molar refractivity (Wildman–Crippen MR) is 108 cm³/mol. The highest BCUT2D eigenvalue weighted by Crippen LogP contribution is 2.29. The van der Waals surface area contributed by atoms with Crippen LogP contribution in [-0.4, -0.2) is 22.3 Å². The molecule has 4 nitrogen and oxygen atoms in total. The minimum Gasteiger partial charge on any atom is -0.298 e. The smallest absolute Gasteiger partial charge is 0.258 e. The highest BCUT2D eigenvalue weighted by molar-refractivity contribution is 7.16. The molecule has 0 fully saturated rings. The molecule has 0 aliphatic carbocycles. The predicted octanol–water partition coefficient (Wildman–Crippen LogP) is 4.63. The fourth-order valence-corrected chi connectivity index (χ4v) is 4.89. The number of fused-ring (bicyclic) bond motifs is 1. The molecular formula is C20H21N3OS2. The van der Waals surface area contributed by atoms with Crippen LogP contribution in [0.3, 0.4) is 0 Å². The first-order valence-corrected chi connectivity index (χ1v) is 10.4. The zero-order chi connectivity index (χ0) is 18.1. The maximum atomic E-state index is 12.2. The normalized spacial score (nSPS) is 14.2. The van der Waals surface area contributed by atoms with Gasteiger partial charge in [0.15, 0.2) is 5.13 Å². The fraction of sp³-hybridized carbons (Fsp3) is 0.300. The van der Waals surface area contributed by atoms with Gasteiger partial charge in [-0.2, -0.15) is 11.3 Å². The second kappa shape index (κ2) is 7.31. The number of carbonyl (C=O) groups excluding carboxylic acids is 1. The number of hydrogen-bond donors (Lipinski definition) is 1. The molecule has 1 N–H and O–H groups in total. The zero-order valence-corrected chi connectivity index (χ0v) is 16.5. The summed E-state index contributed by atoms with van der Waals surface area (Å²) in [6.07, 6.45) is 0.936. The summed E-state index contributed by atoms with van der Waals surface area (Å²) in [5.74, 6) is -0.0791. The van der Waals surface area contributed by atoms with Crippen LogP contribution in [0, 0.1) is 13.8 Å². The highest BCUT2D eigenvalue weighted by atomic mass is 32.1. The third kappa shape index (κ3) is 3.72. The minimum atomic E-state index is -0.0791. The van der Waals surface area contributed by atoms with Crippen LogP contribution in [0.2, 0.25) is 0 Å². The monoisotopic (exact) mass is 383 g/mol. The Kier molecular flexibility index (Phi) is 4.89. The number of carbonyl (C=O) groups is 1. The molecule has 134 valence electrons. The van der Waals surface area contributed by atoms with Crippen molar-refractivity contribution in [3.8, 4) is 0 Å². The van der Waals surface area contributed by atoms with Gasteiger partial charge in [-0.3, -0.25) is 15.0 Å². The maximum Gasteiger partial charge on any atom is 0.258 e. The van der Waals surface area contributed by atoms with Gasteiger partial charge >= 0.3 is 0 Å². The standard InChI is InChI=1S/C20H21N3OS2/c1-13-3-4-14(2)16(9-13)10-23-7-5-17-18(11-23)26-20(21-17)22-19(24)15-6-8-25-12-15/h3-4,6,8-9,12H,5,7,10-11H2,1-2H3,(H,21,22,24). The van der Waals surface area contributed by atoms with E-state index in [1.54, 1.807) is 11.3 Å². The van der Waals surface area contributed by atoms with Gasteiger partial charge in [0.2, 0.25) is 0 Å². The Morgan fingerprint density at radius 3 is 3.00 bits per heavy atom. The van der Waals surface area contributed by atoms with Gasteiger partial charge in [0.05, 0.1) is 11.3 Å². The van der Waals surface area contributed by atoms with Crippen molar-refractivity contribution < 1.29 is 4.79 Å². The molecule has 1 amide bonds. The van der Waals surface area contributed by atoms with Crippen molar-refractivity contribution in [3.05, 3.63) is 67.9 Å². The molecule has 0 saturated carbocycles. The van der Waals surface area contributed by atoms with Crippen LogP contribution in [0.4, 0.5) is 5.13 Å². The van der Waals surface area contributed by atoms with Crippen molar-refractivity contribution in [2.24, 2.45) is 0 Å². The first-order chi connectivity index (χ1) is 12.6. The molecule has 0 saturated heterocycles. The number of anilines is 1. The van der Waals surface area contributed by atoms with Crippen LogP contribution in [0.1, 0.15) is 37.6 Å². The Morgan fingerprint density at radius 2 is 2.19 bits per heavy atom. The van der Waals surface area contributed by atoms with Gasteiger partial charge in [-0.25, -0.2) is 4.98 Å². The number of rotatable bonds is 4. The lowest BCUT2D eigenvalue weighted by Crippen LogP contribution is -2.29. The van der Waals surface area contributed by atoms with E-state index >= 15 is 0 Å². The lowest BCUT2D eigenvalue weighted by atomic mass is 10.0. The van der Waals surface area contributed by atoms with Gasteiger partial charge < -0.3 is 0 Å². The molecule has 1 aromatic carbocycles. The lowest BCUT2D eigenvalue weighted by Gasteiger charge is -2.26. The van der Waals surface area contributed by atoms with Crippen molar-refractivity contribution in [2.75, 3.05) is 11.9 Å². The van der Waals surface area contributed by atoms with Crippen LogP contribution < -0.4 is 5.32 Å². The summed E-state index contributed by atoms with van der Waals surface area (Å²) in [5, 5.41) is 7.41. The molecule has 26 heavy (non-hydrogen) atoms. The number of nitrogens with one attached hydrogen (secondary N) is 1. The quantitative estimate of drug-likeness (QED) is 0.714. The molecule has 0 unspecified atom stereocenters. The summed E-state index contributed by atoms with van der Waals surface area (Å²) < 4.78 is 0. The molecule has 1 aliphatic rings. The summed E-state index contributed by atoms with van der Waals surface area (Å²) in [6.45, 7) is 7.18. The number of thiophene rings is 1. The van der Waals surface area contributed by atoms with E-state index in [4.69, 9.17) is 0 Å². The van der Waals surface area contributed by atoms with Crippen molar-refractivity contribution in [1.82, 2.24) is 9.88 Å². The number of hydrogen-bond acceptors (Lipinski definition) is 5. The second-order valence-corrected chi connectivity index (χ2v) is 8.61. The van der Waals surface area contributed by atoms with Crippen LogP contribution in [0.5, 0.6) is 0 Å². The molecule has 1 aliphatic heterocycles. The van der Waals surface area contributed by atoms with Crippen molar-refractivity contribution in [3.63, 3.8) is 0 Å². The van der Waals surface area contributed by atoms with Gasteiger partial charge in [0.1, 0.15) is 0 Å². The number of aromatic nitrogens is 1. The SMILES string of the molecule is Cc1ccc(C)c(CN2CCc3nc(NC(=O)c4ccsc4)sc3C2)c1. The molecule has 3 aromatic rings. The molecular weight excluding hydrogens is 362 g/mol. The Bertz CT molecular complexity index is 931. The maximum absolute atomic E-state index is 12.2. The Hall–Kier alpha value is -2.02. The number of aryl methyl sites for hydroxylation is 2. The van der Waals surface area contributed by atoms with E-state index in [-0.39, 0.29) is 5.91 Å². The topological polar surface area (TPSA) is 45.2 Å². The van der Waals surface area contributed by atoms with Crippen LogP contribution >= 0.6 is 22.7 Å². The molecule has 3 heterocycles. The first kappa shape index (κ1) is 17.4. The van der Waals surface area contributed by atoms with Crippen molar-refractivity contribution >= 4 is 33.7 Å². The van der Waals surface area contributed by atoms with Gasteiger partial charge in [-0.1, -0.05) is 23.8 Å². The Balaban J connectivity index is 1.45. The van der Waals surface area contributed by atoms with Crippen molar-refractivity contribution in [1.29, 1.82) is 0 Å². The summed E-state index contributed by atoms with van der Waals surface area (Å²) >= 11 is 3.13. The first-order valence-electron chi connectivity index (χ1n) is 8.69. The third-order valence-corrected chi connectivity index (χ3v) is 6.39. The third-order valence-electron chi connectivity index (χ3n) is 4.71. The summed E-state index contributed by atoms with van der Waals surface area (Å²) in [5.41, 5.74) is 5.87. The van der Waals surface area contributed by atoms with Gasteiger partial charge in [-0.05, 0) is 36.4 Å². The number of thiazole rings is 1. The molecule has 0 spiro atoms. The highest BCUT2D eigenvalue weighted by Gasteiger charge is 2.22. The van der Waals surface area contributed by atoms with E-state index in [1.807, 2.05) is 16.8 Å². The average molecular weight is 384 g/mol. The fourth-order valence-electron chi connectivity index (χ4n) is 3.21. The molecule has 0 radical (unpaired) electrons. The summed E-state index contributed by atoms with van der Waals surface area (Å²) in [4.78, 5) is 20.6. The van der Waals surface area contributed by atoms with E-state index in [1.165, 1.54) is 32.9 Å². The molecule has 0 atom stereocenters. The van der Waals surface area contributed by atoms with E-state index in [0.717, 1.165) is 31.7 Å². The molecule has 6 heteroatoms. The Labute approximate surface area is 161 Å². The molecule has 4 rings (SSSR count). The number of benzene rings is 1. The minimum absolute atomic E-state index is 0.0791. The van der Waals surface area contributed by atoms with Crippen LogP contribution in [-0.2, 0) is 19.5 Å². The zero-order valence-electron chi connectivity index (χ0n) is 14.9. The van der Waals surface area contributed by atoms with Gasteiger partial charge in [-0.15, -0.1) is 11.3 Å². The Morgan fingerprint density at radius 1 is 1.31 bits per heavy atom. The van der Waals surface area contributed by atoms with Crippen LogP contribution in [0.25, 0.3) is 0 Å². The largest absolute Gasteiger partial charge is 0.298 e. The van der Waals surface area contributed by atoms with Gasteiger partial charge in [0.25, 0.3) is 5.91 Å². The molecule has 0 bridgehead atoms. The molecule has 2 aromatic heterocycles. The summed E-state index contributed by atoms with van der Waals surface area (Å²) in [6, 6.07) is 8.48. The number of nitrogens with zero attached hydrogens (tertiary/aromatic N) is 2. The van der Waals surface area contributed by atoms with E-state index in [2.05, 4.69) is 47.2 Å². The van der Waals surface area contributed by atoms with E-state index in [0.29, 0.717) is 10.7 Å². The number of amides is 1. The second-order valence-electron chi connectivity index (χ2n) is 6.75. The lowest BCUT2D eigenvalue weighted by molar-refractivity contribution is 0.102. The average Bonchev–Trinajstić information content (AvgIpc) is 3.27. The summed E-state index contributed by atoms with van der Waals surface area (Å²) in [7, 11) is 0. The van der Waals surface area contributed by atoms with Gasteiger partial charge in [0, 0.05) is 36.3 Å². The van der Waals surface area contributed by atoms with E-state index in [9.17, 15) is 4.79 Å². The van der Waals surface area contributed by atoms with Crippen LogP contribution in [0.15, 0.2) is 35.0 Å². The van der Waals surface area contributed by atoms with E-state index < -0.39 is 0 Å². The van der Waals surface area contributed by atoms with Crippen molar-refractivity contribution in [2.45, 2.75) is 33.4 Å².